The van der Waals surface area contributed by atoms with Gasteiger partial charge in [-0.05, 0) is 52.5 Å². The molecule has 0 aliphatic heterocycles. The molecule has 0 fully saturated rings. The number of nitrogen functional groups attached to an aromatic ring is 1. The zero-order valence-electron chi connectivity index (χ0n) is 17.0. The Bertz CT molecular complexity index is 1020. The molecule has 4 N–H and O–H groups in total. The van der Waals surface area contributed by atoms with E-state index in [0.29, 0.717) is 28.8 Å². The summed E-state index contributed by atoms with van der Waals surface area (Å²) in [6.07, 6.45) is 3.75. The molecule has 0 saturated heterocycles. The third-order valence-electron chi connectivity index (χ3n) is 3.89. The minimum absolute atomic E-state index is 0.0730. The van der Waals surface area contributed by atoms with E-state index >= 15 is 0 Å². The summed E-state index contributed by atoms with van der Waals surface area (Å²) in [5.74, 6) is 0.581. The maximum absolute atomic E-state index is 12.5. The summed E-state index contributed by atoms with van der Waals surface area (Å²) in [5, 5.41) is 12.8. The van der Waals surface area contributed by atoms with Gasteiger partial charge in [0.25, 0.3) is 10.0 Å². The van der Waals surface area contributed by atoms with Crippen molar-refractivity contribution in [2.75, 3.05) is 38.4 Å². The lowest BCUT2D eigenvalue weighted by atomic mass is 10.1. The fourth-order valence-electron chi connectivity index (χ4n) is 2.42. The van der Waals surface area contributed by atoms with Crippen LogP contribution in [0.3, 0.4) is 0 Å². The topological polar surface area (TPSA) is 143 Å². The molecule has 2 aromatic rings. The number of nitrogens with two attached hydrogens (primary N) is 1. The zero-order chi connectivity index (χ0) is 23.0. The Balaban J connectivity index is 2.01. The summed E-state index contributed by atoms with van der Waals surface area (Å²) < 4.78 is 34.9. The Morgan fingerprint density at radius 1 is 1.45 bits per heavy atom. The van der Waals surface area contributed by atoms with Gasteiger partial charge in [-0.3, -0.25) is 0 Å². The number of aliphatic hydroxyl groups is 1. The number of anilines is 2. The first-order valence-corrected chi connectivity index (χ1v) is 11.8. The van der Waals surface area contributed by atoms with Crippen LogP contribution in [0.15, 0.2) is 38.2 Å². The first kappa shape index (κ1) is 25.1. The first-order chi connectivity index (χ1) is 14.6. The second-order valence-electron chi connectivity index (χ2n) is 6.72. The van der Waals surface area contributed by atoms with E-state index in [2.05, 4.69) is 35.6 Å². The number of hydrogen-bond donors (Lipinski definition) is 3. The molecule has 0 aliphatic rings. The van der Waals surface area contributed by atoms with Gasteiger partial charge in [-0.1, -0.05) is 0 Å². The van der Waals surface area contributed by atoms with Gasteiger partial charge in [-0.25, -0.2) is 4.98 Å². The van der Waals surface area contributed by atoms with Crippen LogP contribution < -0.4 is 15.8 Å². The van der Waals surface area contributed by atoms with Crippen LogP contribution >= 0.6 is 27.5 Å². The molecule has 170 valence electrons. The molecule has 1 aromatic carbocycles. The van der Waals surface area contributed by atoms with Gasteiger partial charge in [0.15, 0.2) is 0 Å². The molecule has 0 bridgehead atoms. The maximum atomic E-state index is 12.5. The summed E-state index contributed by atoms with van der Waals surface area (Å²) in [6.45, 7) is 0.0540. The molecule has 0 radical (unpaired) electrons. The second-order valence-corrected chi connectivity index (χ2v) is 9.51. The van der Waals surface area contributed by atoms with E-state index in [1.54, 1.807) is 14.1 Å². The van der Waals surface area contributed by atoms with Crippen molar-refractivity contribution >= 4 is 55.4 Å². The van der Waals surface area contributed by atoms with Gasteiger partial charge in [-0.2, -0.15) is 13.4 Å². The largest absolute Gasteiger partial charge is 0.492 e. The Morgan fingerprint density at radius 3 is 2.87 bits per heavy atom. The standard InChI is InChI=1S/C18H24BrClN6O4S/c1-26(2)11-23-31(28,29)16-6-5-12(21)8-15(16)30-7-3-4-13(10-27)24-17-14(19)9-22-18(20)25-17/h5-6,8-9,11,13,27H,3-4,7,10,21H2,1-2H3,(H,22,24,25)/t13-/m0/s1. The van der Waals surface area contributed by atoms with Crippen molar-refractivity contribution in [1.82, 2.24) is 14.9 Å². The van der Waals surface area contributed by atoms with Crippen LogP contribution in [0, 0.1) is 0 Å². The quantitative estimate of drug-likeness (QED) is 0.130. The Kier molecular flexibility index (Phi) is 9.29. The van der Waals surface area contributed by atoms with Crippen molar-refractivity contribution in [3.8, 4) is 5.75 Å². The number of sulfonamides is 1. The number of aliphatic hydroxyl groups excluding tert-OH is 1. The molecule has 0 amide bonds. The van der Waals surface area contributed by atoms with Gasteiger partial charge in [0.1, 0.15) is 22.8 Å². The van der Waals surface area contributed by atoms with Crippen LogP contribution in [-0.2, 0) is 10.0 Å². The molecule has 13 heteroatoms. The molecule has 0 aliphatic carbocycles. The van der Waals surface area contributed by atoms with Crippen LogP contribution in [-0.4, -0.2) is 68.1 Å². The maximum Gasteiger partial charge on any atom is 0.287 e. The van der Waals surface area contributed by atoms with Gasteiger partial charge in [-0.15, -0.1) is 4.40 Å². The summed E-state index contributed by atoms with van der Waals surface area (Å²) in [4.78, 5) is 9.36. The molecule has 10 nitrogen and oxygen atoms in total. The van der Waals surface area contributed by atoms with E-state index in [1.165, 1.54) is 35.6 Å². The van der Waals surface area contributed by atoms with E-state index in [-0.39, 0.29) is 35.2 Å². The molecule has 2 rings (SSSR count). The minimum atomic E-state index is -3.95. The fourth-order valence-corrected chi connectivity index (χ4v) is 3.90. The first-order valence-electron chi connectivity index (χ1n) is 9.17. The number of hydrogen-bond acceptors (Lipinski definition) is 8. The van der Waals surface area contributed by atoms with E-state index in [9.17, 15) is 13.5 Å². The van der Waals surface area contributed by atoms with Gasteiger partial charge in [0.2, 0.25) is 5.28 Å². The van der Waals surface area contributed by atoms with E-state index in [4.69, 9.17) is 22.1 Å². The molecule has 1 aromatic heterocycles. The third kappa shape index (κ3) is 7.80. The van der Waals surface area contributed by atoms with Crippen LogP contribution in [0.4, 0.5) is 11.5 Å². The van der Waals surface area contributed by atoms with Crippen molar-refractivity contribution in [3.05, 3.63) is 34.2 Å². The number of rotatable bonds is 11. The summed E-state index contributed by atoms with van der Waals surface area (Å²) in [6, 6.07) is 3.96. The van der Waals surface area contributed by atoms with Crippen LogP contribution in [0.5, 0.6) is 5.75 Å². The Hall–Kier alpha value is -2.15. The molecule has 0 saturated carbocycles. The van der Waals surface area contributed by atoms with Crippen LogP contribution in [0.1, 0.15) is 12.8 Å². The SMILES string of the molecule is CN(C)C=NS(=O)(=O)c1ccc(N)cc1OCCC[C@@H](CO)Nc1nc(Cl)ncc1Br. The van der Waals surface area contributed by atoms with E-state index < -0.39 is 10.0 Å². The highest BCUT2D eigenvalue weighted by Gasteiger charge is 2.19. The van der Waals surface area contributed by atoms with E-state index in [0.717, 1.165) is 0 Å². The number of benzene rings is 1. The highest BCUT2D eigenvalue weighted by Crippen LogP contribution is 2.28. The molecular weight excluding hydrogens is 512 g/mol. The monoisotopic (exact) mass is 534 g/mol. The van der Waals surface area contributed by atoms with Crippen molar-refractivity contribution in [3.63, 3.8) is 0 Å². The number of nitrogens with one attached hydrogen (secondary N) is 1. The number of halogens is 2. The average molecular weight is 536 g/mol. The van der Waals surface area contributed by atoms with E-state index in [1.807, 2.05) is 0 Å². The van der Waals surface area contributed by atoms with Crippen molar-refractivity contribution < 1.29 is 18.3 Å². The molecule has 1 heterocycles. The predicted octanol–water partition coefficient (Wildman–Crippen LogP) is 2.39. The lowest BCUT2D eigenvalue weighted by Gasteiger charge is -2.18. The van der Waals surface area contributed by atoms with Crippen molar-refractivity contribution in [2.45, 2.75) is 23.8 Å². The fraction of sp³-hybridized carbons (Fsp3) is 0.389. The Labute approximate surface area is 194 Å². The van der Waals surface area contributed by atoms with Crippen molar-refractivity contribution in [2.24, 2.45) is 4.40 Å². The second kappa shape index (κ2) is 11.5. The smallest absolute Gasteiger partial charge is 0.287 e. The van der Waals surface area contributed by atoms with Gasteiger partial charge >= 0.3 is 0 Å². The zero-order valence-corrected chi connectivity index (χ0v) is 20.2. The van der Waals surface area contributed by atoms with Crippen LogP contribution in [0.25, 0.3) is 0 Å². The predicted molar refractivity (Wildman–Crippen MR) is 124 cm³/mol. The Morgan fingerprint density at radius 2 is 2.19 bits per heavy atom. The lowest BCUT2D eigenvalue weighted by molar-refractivity contribution is 0.250. The summed E-state index contributed by atoms with van der Waals surface area (Å²) in [5.41, 5.74) is 6.15. The highest BCUT2D eigenvalue weighted by molar-refractivity contribution is 9.10. The summed E-state index contributed by atoms with van der Waals surface area (Å²) >= 11 is 9.12. The lowest BCUT2D eigenvalue weighted by Crippen LogP contribution is -2.25. The molecule has 0 spiro atoms. The molecule has 31 heavy (non-hydrogen) atoms. The number of aromatic nitrogens is 2. The minimum Gasteiger partial charge on any atom is -0.492 e. The van der Waals surface area contributed by atoms with Gasteiger partial charge < -0.3 is 25.8 Å². The van der Waals surface area contributed by atoms with Gasteiger partial charge in [0.05, 0.1) is 23.7 Å². The number of nitrogens with zero attached hydrogens (tertiary/aromatic N) is 4. The van der Waals surface area contributed by atoms with Crippen LogP contribution in [0.2, 0.25) is 5.28 Å². The highest BCUT2D eigenvalue weighted by atomic mass is 79.9. The normalized spacial score (nSPS) is 12.7. The number of ether oxygens (including phenoxy) is 1. The van der Waals surface area contributed by atoms with Gasteiger partial charge in [0, 0.05) is 32.0 Å². The molecular formula is C18H24BrClN6O4S. The third-order valence-corrected chi connectivity index (χ3v) is 5.92. The molecule has 0 unspecified atom stereocenters. The summed E-state index contributed by atoms with van der Waals surface area (Å²) in [7, 11) is -0.616. The van der Waals surface area contributed by atoms with Crippen molar-refractivity contribution in [1.29, 1.82) is 0 Å². The average Bonchev–Trinajstić information content (AvgIpc) is 2.71. The molecule has 1 atom stereocenters.